The summed E-state index contributed by atoms with van der Waals surface area (Å²) in [5.41, 5.74) is 2.75. The summed E-state index contributed by atoms with van der Waals surface area (Å²) < 4.78 is 42.3. The Hall–Kier alpha value is -5.81. The Labute approximate surface area is 403 Å². The Morgan fingerprint density at radius 2 is 1.06 bits per heavy atom. The number of alkyl carbamates (subject to hydrolysis) is 2. The minimum Gasteiger partial charge on any atom is -0.444 e. The highest BCUT2D eigenvalue weighted by Crippen LogP contribution is 2.36. The molecule has 0 saturated heterocycles. The first kappa shape index (κ1) is 50.6. The van der Waals surface area contributed by atoms with Crippen LogP contribution in [-0.4, -0.2) is 88.3 Å². The van der Waals surface area contributed by atoms with E-state index in [-0.39, 0.29) is 43.1 Å². The molecule has 358 valence electrons. The third-order valence-corrected chi connectivity index (χ3v) is 12.0. The second kappa shape index (κ2) is 19.8. The van der Waals surface area contributed by atoms with Gasteiger partial charge < -0.3 is 39.0 Å². The molecule has 3 aromatic carbocycles. The van der Waals surface area contributed by atoms with E-state index in [0.29, 0.717) is 42.6 Å². The Kier molecular flexibility index (Phi) is 15.0. The van der Waals surface area contributed by atoms with Crippen LogP contribution in [0.25, 0.3) is 22.5 Å². The normalized spacial score (nSPS) is 15.1. The number of rotatable bonds is 8. The van der Waals surface area contributed by atoms with Gasteiger partial charge in [0, 0.05) is 35.7 Å². The van der Waals surface area contributed by atoms with Crippen LogP contribution in [0.5, 0.6) is 0 Å². The van der Waals surface area contributed by atoms with E-state index in [1.54, 1.807) is 75.6 Å². The van der Waals surface area contributed by atoms with Gasteiger partial charge in [-0.3, -0.25) is 9.59 Å². The van der Waals surface area contributed by atoms with Crippen molar-refractivity contribution in [3.05, 3.63) is 117 Å². The molecule has 4 heterocycles. The van der Waals surface area contributed by atoms with Crippen molar-refractivity contribution in [3.63, 3.8) is 0 Å². The second-order valence-corrected chi connectivity index (χ2v) is 21.0. The molecule has 0 saturated carbocycles. The number of nitrogens with zero attached hydrogens (tertiary/aromatic N) is 6. The third-order valence-electron chi connectivity index (χ3n) is 11.0. The van der Waals surface area contributed by atoms with Gasteiger partial charge in [-0.1, -0.05) is 23.7 Å². The Balaban J connectivity index is 0.000000226. The van der Waals surface area contributed by atoms with Gasteiger partial charge in [0.1, 0.15) is 57.9 Å². The fourth-order valence-corrected chi connectivity index (χ4v) is 8.60. The smallest absolute Gasteiger partial charge is 0.408 e. The van der Waals surface area contributed by atoms with Crippen LogP contribution in [0.3, 0.4) is 0 Å². The third kappa shape index (κ3) is 12.8. The number of imidazole rings is 2. The van der Waals surface area contributed by atoms with Crippen LogP contribution in [-0.2, 0) is 51.7 Å². The number of halogens is 4. The SMILES string of the molecule is CC(C)(C)OC(=O)NCC(=O)N1Cc2nc(-c3ccc(F)cc3)c(Br)n2CC1(C)C.CC(C)(C)OC(=O)NCC(=O)N1Cc2nc(-c3ccc(F)cc3)c(Cc3ccc(Cl)cc3)n2CC1(C)C. The highest BCUT2D eigenvalue weighted by molar-refractivity contribution is 9.10. The molecular weight excluding hydrogens is 950 g/mol. The molecule has 0 unspecified atom stereocenters. The monoisotopic (exact) mass is 1010 g/mol. The number of nitrogens with one attached hydrogen (secondary N) is 2. The first-order chi connectivity index (χ1) is 31.2. The second-order valence-electron chi connectivity index (χ2n) is 19.8. The van der Waals surface area contributed by atoms with Gasteiger partial charge in [0.15, 0.2) is 0 Å². The van der Waals surface area contributed by atoms with Crippen LogP contribution in [0.4, 0.5) is 18.4 Å². The molecular formula is C49H58BrClF2N8O6. The summed E-state index contributed by atoms with van der Waals surface area (Å²) in [5, 5.41) is 5.74. The van der Waals surface area contributed by atoms with Crippen molar-refractivity contribution < 1.29 is 37.4 Å². The average Bonchev–Trinajstić information content (AvgIpc) is 3.72. The van der Waals surface area contributed by atoms with Crippen LogP contribution in [0, 0.1) is 11.6 Å². The van der Waals surface area contributed by atoms with Gasteiger partial charge in [-0.15, -0.1) is 0 Å². The Morgan fingerprint density at radius 3 is 1.51 bits per heavy atom. The van der Waals surface area contributed by atoms with Gasteiger partial charge >= 0.3 is 12.2 Å². The van der Waals surface area contributed by atoms with Crippen molar-refractivity contribution >= 4 is 51.5 Å². The summed E-state index contributed by atoms with van der Waals surface area (Å²) in [5.74, 6) is 0.364. The van der Waals surface area contributed by atoms with E-state index in [1.807, 2.05) is 56.5 Å². The highest BCUT2D eigenvalue weighted by Gasteiger charge is 2.40. The van der Waals surface area contributed by atoms with Crippen molar-refractivity contribution in [2.45, 2.75) is 124 Å². The number of aromatic nitrogens is 4. The minimum atomic E-state index is -0.653. The number of ether oxygens (including phenoxy) is 2. The molecule has 67 heavy (non-hydrogen) atoms. The number of fused-ring (bicyclic) bond motifs is 2. The molecule has 2 aliphatic heterocycles. The van der Waals surface area contributed by atoms with E-state index in [4.69, 9.17) is 26.1 Å². The number of amides is 4. The van der Waals surface area contributed by atoms with Crippen molar-refractivity contribution in [1.82, 2.24) is 39.5 Å². The Morgan fingerprint density at radius 1 is 0.657 bits per heavy atom. The average molecular weight is 1010 g/mol. The maximum Gasteiger partial charge on any atom is 0.408 e. The first-order valence-electron chi connectivity index (χ1n) is 21.8. The first-order valence-corrected chi connectivity index (χ1v) is 23.0. The molecule has 0 fully saturated rings. The van der Waals surface area contributed by atoms with E-state index in [0.717, 1.165) is 38.5 Å². The van der Waals surface area contributed by atoms with Crippen molar-refractivity contribution in [3.8, 4) is 22.5 Å². The Bertz CT molecular complexity index is 2620. The molecule has 0 bridgehead atoms. The van der Waals surface area contributed by atoms with Crippen LogP contribution in [0.15, 0.2) is 77.4 Å². The molecule has 0 aliphatic carbocycles. The van der Waals surface area contributed by atoms with Gasteiger partial charge in [0.05, 0.1) is 35.6 Å². The van der Waals surface area contributed by atoms with Crippen molar-refractivity contribution in [1.29, 1.82) is 0 Å². The molecule has 2 N–H and O–H groups in total. The number of carbonyl (C=O) groups is 4. The lowest BCUT2D eigenvalue weighted by Gasteiger charge is -2.43. The van der Waals surface area contributed by atoms with E-state index < -0.39 is 34.5 Å². The predicted molar refractivity (Wildman–Crippen MR) is 255 cm³/mol. The lowest BCUT2D eigenvalue weighted by Crippen LogP contribution is -2.56. The number of hydrogen-bond acceptors (Lipinski definition) is 8. The van der Waals surface area contributed by atoms with Crippen molar-refractivity contribution in [2.75, 3.05) is 13.1 Å². The molecule has 5 aromatic rings. The molecule has 2 aromatic heterocycles. The van der Waals surface area contributed by atoms with Crippen LogP contribution >= 0.6 is 27.5 Å². The lowest BCUT2D eigenvalue weighted by atomic mass is 9.98. The largest absolute Gasteiger partial charge is 0.444 e. The van der Waals surface area contributed by atoms with E-state index >= 15 is 0 Å². The molecule has 0 spiro atoms. The van der Waals surface area contributed by atoms with Crippen molar-refractivity contribution in [2.24, 2.45) is 0 Å². The quantitative estimate of drug-likeness (QED) is 0.156. The van der Waals surface area contributed by atoms with Crippen LogP contribution in [0.2, 0.25) is 5.02 Å². The summed E-state index contributed by atoms with van der Waals surface area (Å²) in [7, 11) is 0. The number of benzene rings is 3. The molecule has 0 atom stereocenters. The zero-order valence-electron chi connectivity index (χ0n) is 39.5. The minimum absolute atomic E-state index is 0.162. The molecule has 0 radical (unpaired) electrons. The maximum absolute atomic E-state index is 13.7. The molecule has 2 aliphatic rings. The fourth-order valence-electron chi connectivity index (χ4n) is 7.83. The molecule has 18 heteroatoms. The predicted octanol–water partition coefficient (Wildman–Crippen LogP) is 9.68. The van der Waals surface area contributed by atoms with E-state index in [9.17, 15) is 28.0 Å². The lowest BCUT2D eigenvalue weighted by molar-refractivity contribution is -0.139. The van der Waals surface area contributed by atoms with E-state index in [1.165, 1.54) is 24.3 Å². The van der Waals surface area contributed by atoms with Gasteiger partial charge in [-0.2, -0.15) is 0 Å². The highest BCUT2D eigenvalue weighted by atomic mass is 79.9. The fraction of sp³-hybridized carbons (Fsp3) is 0.429. The topological polar surface area (TPSA) is 153 Å². The van der Waals surface area contributed by atoms with Gasteiger partial charge in [-0.25, -0.2) is 28.3 Å². The number of carbonyl (C=O) groups excluding carboxylic acids is 4. The summed E-state index contributed by atoms with van der Waals surface area (Å²) in [6.07, 6.45) is -0.671. The maximum atomic E-state index is 13.7. The van der Waals surface area contributed by atoms with E-state index in [2.05, 4.69) is 36.1 Å². The zero-order valence-corrected chi connectivity index (χ0v) is 41.9. The summed E-state index contributed by atoms with van der Waals surface area (Å²) in [6.45, 7) is 19.8. The van der Waals surface area contributed by atoms with Crippen LogP contribution in [0.1, 0.15) is 92.1 Å². The van der Waals surface area contributed by atoms with Crippen LogP contribution < -0.4 is 10.6 Å². The van der Waals surface area contributed by atoms with Gasteiger partial charge in [0.25, 0.3) is 0 Å². The summed E-state index contributed by atoms with van der Waals surface area (Å²) >= 11 is 9.69. The summed E-state index contributed by atoms with van der Waals surface area (Å²) in [6, 6.07) is 20.1. The molecule has 14 nitrogen and oxygen atoms in total. The zero-order chi connectivity index (χ0) is 49.2. The van der Waals surface area contributed by atoms with Gasteiger partial charge in [-0.05, 0) is 151 Å². The standard InChI is InChI=1S/C28H32ClFN4O3.C21H26BrFN4O3/c1-27(2,3)37-26(36)31-15-24(35)34-16-23-32-25(19-8-12-21(30)13-9-19)22(33(23)17-28(34,4)5)14-18-6-10-20(29)11-7-18;1-20(2,3)30-19(29)24-10-16(28)27-11-15-25-17(13-6-8-14(23)9-7-13)18(22)26(15)12-21(27,4)5/h6-13H,14-17H2,1-5H3,(H,31,36);6-9H,10-12H2,1-5H3,(H,24,29). The number of hydrogen-bond donors (Lipinski definition) is 2. The summed E-state index contributed by atoms with van der Waals surface area (Å²) in [4.78, 5) is 63.0. The van der Waals surface area contributed by atoms with Gasteiger partial charge in [0.2, 0.25) is 11.8 Å². The molecule has 7 rings (SSSR count). The molecule has 4 amide bonds.